The highest BCUT2D eigenvalue weighted by atomic mass is 15.1. The molecule has 78 valence electrons. The van der Waals surface area contributed by atoms with Gasteiger partial charge in [0.15, 0.2) is 0 Å². The number of benzene rings is 1. The first-order valence-corrected chi connectivity index (χ1v) is 5.37. The number of aromatic nitrogens is 2. The lowest BCUT2D eigenvalue weighted by atomic mass is 10.2. The molecule has 0 fully saturated rings. The van der Waals surface area contributed by atoms with Crippen LogP contribution in [0.1, 0.15) is 18.3 Å². The minimum absolute atomic E-state index is 1.02. The second-order valence-corrected chi connectivity index (χ2v) is 3.84. The maximum Gasteiger partial charge on any atom is 0.258 e. The van der Waals surface area contributed by atoms with Gasteiger partial charge in [-0.25, -0.2) is 9.13 Å². The van der Waals surface area contributed by atoms with Crippen molar-refractivity contribution in [1.82, 2.24) is 4.57 Å². The molecule has 0 saturated heterocycles. The van der Waals surface area contributed by atoms with Crippen molar-refractivity contribution in [3.05, 3.63) is 48.0 Å². The smallest absolute Gasteiger partial charge is 0.234 e. The first-order valence-electron chi connectivity index (χ1n) is 5.37. The fourth-order valence-electron chi connectivity index (χ4n) is 1.81. The van der Waals surface area contributed by atoms with Gasteiger partial charge < -0.3 is 0 Å². The van der Waals surface area contributed by atoms with Gasteiger partial charge in [0, 0.05) is 6.92 Å². The normalized spacial score (nSPS) is 10.6. The third-order valence-electron chi connectivity index (χ3n) is 2.81. The highest BCUT2D eigenvalue weighted by Gasteiger charge is 2.11. The monoisotopic (exact) mass is 201 g/mol. The molecule has 1 aromatic heterocycles. The van der Waals surface area contributed by atoms with Crippen LogP contribution in [0.25, 0.3) is 5.69 Å². The van der Waals surface area contributed by atoms with E-state index in [1.54, 1.807) is 0 Å². The average Bonchev–Trinajstić information content (AvgIpc) is 2.61. The summed E-state index contributed by atoms with van der Waals surface area (Å²) in [5.74, 6) is 1.27. The van der Waals surface area contributed by atoms with Gasteiger partial charge in [0.05, 0.1) is 6.54 Å². The summed E-state index contributed by atoms with van der Waals surface area (Å²) in [4.78, 5) is 0. The molecule has 0 atom stereocenters. The molecule has 0 aliphatic carbocycles. The van der Waals surface area contributed by atoms with Crippen LogP contribution in [0, 0.1) is 13.8 Å². The largest absolute Gasteiger partial charge is 0.258 e. The third kappa shape index (κ3) is 1.80. The summed E-state index contributed by atoms with van der Waals surface area (Å²) >= 11 is 0. The number of nitrogens with zero attached hydrogens (tertiary/aromatic N) is 2. The fourth-order valence-corrected chi connectivity index (χ4v) is 1.81. The lowest BCUT2D eigenvalue weighted by Crippen LogP contribution is -2.33. The molecule has 0 N–H and O–H groups in total. The van der Waals surface area contributed by atoms with Crippen LogP contribution in [-0.2, 0) is 6.54 Å². The van der Waals surface area contributed by atoms with Crippen molar-refractivity contribution in [2.45, 2.75) is 27.3 Å². The molecule has 2 aromatic rings. The Balaban J connectivity index is 2.45. The maximum atomic E-state index is 2.24. The highest BCUT2D eigenvalue weighted by molar-refractivity contribution is 5.34. The summed E-state index contributed by atoms with van der Waals surface area (Å²) in [6.07, 6.45) is 4.23. The lowest BCUT2D eigenvalue weighted by molar-refractivity contribution is -0.698. The van der Waals surface area contributed by atoms with Gasteiger partial charge in [-0.2, -0.15) is 0 Å². The average molecular weight is 201 g/mol. The van der Waals surface area contributed by atoms with Crippen LogP contribution in [0.2, 0.25) is 0 Å². The van der Waals surface area contributed by atoms with Crippen molar-refractivity contribution in [3.8, 4) is 5.69 Å². The molecule has 1 heterocycles. The van der Waals surface area contributed by atoms with Gasteiger partial charge in [-0.05, 0) is 26.0 Å². The zero-order valence-electron chi connectivity index (χ0n) is 9.57. The fraction of sp³-hybridized carbons (Fsp3) is 0.308. The van der Waals surface area contributed by atoms with Gasteiger partial charge >= 0.3 is 0 Å². The van der Waals surface area contributed by atoms with Crippen molar-refractivity contribution in [2.24, 2.45) is 0 Å². The number of hydrogen-bond donors (Lipinski definition) is 0. The second kappa shape index (κ2) is 3.89. The zero-order valence-corrected chi connectivity index (χ0v) is 9.57. The number of imidazole rings is 1. The molecule has 1 aromatic carbocycles. The van der Waals surface area contributed by atoms with Crippen molar-refractivity contribution in [2.75, 3.05) is 0 Å². The Labute approximate surface area is 90.8 Å². The number of rotatable bonds is 2. The van der Waals surface area contributed by atoms with E-state index in [2.05, 4.69) is 66.6 Å². The van der Waals surface area contributed by atoms with Crippen molar-refractivity contribution in [3.63, 3.8) is 0 Å². The maximum absolute atomic E-state index is 2.24. The lowest BCUT2D eigenvalue weighted by Gasteiger charge is -1.99. The first-order chi connectivity index (χ1) is 7.22. The van der Waals surface area contributed by atoms with Crippen LogP contribution in [0.5, 0.6) is 0 Å². The van der Waals surface area contributed by atoms with E-state index in [0.29, 0.717) is 0 Å². The molecule has 0 radical (unpaired) electrons. The van der Waals surface area contributed by atoms with Gasteiger partial charge in [0.25, 0.3) is 5.82 Å². The van der Waals surface area contributed by atoms with Gasteiger partial charge in [-0.3, -0.25) is 0 Å². The Morgan fingerprint density at radius 3 is 2.33 bits per heavy atom. The topological polar surface area (TPSA) is 8.81 Å². The predicted octanol–water partition coefficient (Wildman–Crippen LogP) is 2.40. The summed E-state index contributed by atoms with van der Waals surface area (Å²) < 4.78 is 4.45. The molecule has 0 aliphatic heterocycles. The molecule has 0 bridgehead atoms. The van der Waals surface area contributed by atoms with E-state index in [9.17, 15) is 0 Å². The summed E-state index contributed by atoms with van der Waals surface area (Å²) in [5, 5.41) is 0. The molecule has 0 saturated carbocycles. The quantitative estimate of drug-likeness (QED) is 0.660. The van der Waals surface area contributed by atoms with E-state index in [4.69, 9.17) is 0 Å². The van der Waals surface area contributed by atoms with Crippen LogP contribution in [0.3, 0.4) is 0 Å². The highest BCUT2D eigenvalue weighted by Crippen LogP contribution is 2.10. The minimum atomic E-state index is 1.02. The summed E-state index contributed by atoms with van der Waals surface area (Å²) in [6, 6.07) is 8.60. The molecular formula is C13H17N2+. The van der Waals surface area contributed by atoms with E-state index >= 15 is 0 Å². The van der Waals surface area contributed by atoms with Crippen LogP contribution in [0.4, 0.5) is 0 Å². The molecule has 2 heteroatoms. The van der Waals surface area contributed by atoms with E-state index in [-0.39, 0.29) is 0 Å². The molecule has 0 aliphatic rings. The Morgan fingerprint density at radius 2 is 1.80 bits per heavy atom. The Kier molecular flexibility index (Phi) is 2.58. The van der Waals surface area contributed by atoms with E-state index in [1.807, 2.05) is 0 Å². The Morgan fingerprint density at radius 1 is 1.13 bits per heavy atom. The molecular weight excluding hydrogens is 184 g/mol. The third-order valence-corrected chi connectivity index (χ3v) is 2.81. The standard InChI is InChI=1S/C13H17N2/c1-4-14-9-10-15(12(14)3)13-7-5-11(2)6-8-13/h5-10H,4H2,1-3H3/q+1. The Bertz CT molecular complexity index is 452. The van der Waals surface area contributed by atoms with Crippen LogP contribution in [0.15, 0.2) is 36.7 Å². The van der Waals surface area contributed by atoms with Crippen molar-refractivity contribution < 1.29 is 4.57 Å². The molecule has 2 rings (SSSR count). The van der Waals surface area contributed by atoms with E-state index in [1.165, 1.54) is 17.1 Å². The minimum Gasteiger partial charge on any atom is -0.234 e. The summed E-state index contributed by atoms with van der Waals surface area (Å²) in [6.45, 7) is 7.43. The van der Waals surface area contributed by atoms with Gasteiger partial charge in [0.2, 0.25) is 0 Å². The number of hydrogen-bond acceptors (Lipinski definition) is 0. The van der Waals surface area contributed by atoms with Crippen LogP contribution < -0.4 is 4.57 Å². The molecule has 15 heavy (non-hydrogen) atoms. The Hall–Kier alpha value is -1.57. The molecule has 0 unspecified atom stereocenters. The van der Waals surface area contributed by atoms with Crippen molar-refractivity contribution in [1.29, 1.82) is 0 Å². The molecule has 2 nitrogen and oxygen atoms in total. The van der Waals surface area contributed by atoms with Gasteiger partial charge in [-0.15, -0.1) is 0 Å². The molecule has 0 spiro atoms. The van der Waals surface area contributed by atoms with Gasteiger partial charge in [-0.1, -0.05) is 17.7 Å². The summed E-state index contributed by atoms with van der Waals surface area (Å²) in [7, 11) is 0. The van der Waals surface area contributed by atoms with E-state index < -0.39 is 0 Å². The first kappa shape index (κ1) is 9.97. The predicted molar refractivity (Wildman–Crippen MR) is 61.1 cm³/mol. The SMILES string of the molecule is CC[n+]1ccn(-c2ccc(C)cc2)c1C. The molecule has 0 amide bonds. The zero-order chi connectivity index (χ0) is 10.8. The number of aryl methyl sites for hydroxylation is 2. The van der Waals surface area contributed by atoms with Gasteiger partial charge in [0.1, 0.15) is 18.1 Å². The van der Waals surface area contributed by atoms with Crippen LogP contribution in [-0.4, -0.2) is 4.57 Å². The summed E-state index contributed by atoms with van der Waals surface area (Å²) in [5.41, 5.74) is 2.53. The van der Waals surface area contributed by atoms with Crippen LogP contribution >= 0.6 is 0 Å². The van der Waals surface area contributed by atoms with E-state index in [0.717, 1.165) is 6.54 Å². The second-order valence-electron chi connectivity index (χ2n) is 3.84. The van der Waals surface area contributed by atoms with Crippen molar-refractivity contribution >= 4 is 0 Å².